The van der Waals surface area contributed by atoms with E-state index in [0.29, 0.717) is 29.4 Å². The first kappa shape index (κ1) is 18.1. The Labute approximate surface area is 157 Å². The lowest BCUT2D eigenvalue weighted by molar-refractivity contribution is -0.117. The molecule has 26 heavy (non-hydrogen) atoms. The monoisotopic (exact) mass is 373 g/mol. The van der Waals surface area contributed by atoms with Gasteiger partial charge in [0.15, 0.2) is 0 Å². The van der Waals surface area contributed by atoms with Gasteiger partial charge in [0.05, 0.1) is 30.1 Å². The summed E-state index contributed by atoms with van der Waals surface area (Å²) >= 11 is 6.06. The van der Waals surface area contributed by atoms with E-state index in [9.17, 15) is 9.59 Å². The molecule has 2 aromatic rings. The van der Waals surface area contributed by atoms with E-state index in [1.165, 1.54) is 7.11 Å². The summed E-state index contributed by atoms with van der Waals surface area (Å²) in [4.78, 5) is 26.0. The lowest BCUT2D eigenvalue weighted by atomic mass is 10.2. The second-order valence-electron chi connectivity index (χ2n) is 5.92. The molecular weight excluding hydrogens is 354 g/mol. The third kappa shape index (κ3) is 4.08. The number of ether oxygens (including phenoxy) is 1. The number of amides is 2. The Morgan fingerprint density at radius 2 is 2.08 bits per heavy atom. The van der Waals surface area contributed by atoms with Crippen molar-refractivity contribution in [3.8, 4) is 5.75 Å². The molecule has 7 heteroatoms. The minimum Gasteiger partial charge on any atom is -0.495 e. The maximum Gasteiger partial charge on any atom is 0.243 e. The van der Waals surface area contributed by atoms with Gasteiger partial charge < -0.3 is 20.3 Å². The summed E-state index contributed by atoms with van der Waals surface area (Å²) in [5.41, 5.74) is 2.14. The van der Waals surface area contributed by atoms with E-state index < -0.39 is 0 Å². The number of nitrogens with one attached hydrogen (secondary N) is 2. The maximum absolute atomic E-state index is 12.2. The van der Waals surface area contributed by atoms with Crippen LogP contribution in [0.3, 0.4) is 0 Å². The van der Waals surface area contributed by atoms with Crippen molar-refractivity contribution in [1.29, 1.82) is 0 Å². The van der Waals surface area contributed by atoms with Crippen LogP contribution in [-0.4, -0.2) is 32.0 Å². The summed E-state index contributed by atoms with van der Waals surface area (Å²) in [6.45, 7) is 0.775. The fourth-order valence-corrected chi connectivity index (χ4v) is 3.14. The highest BCUT2D eigenvalue weighted by atomic mass is 35.5. The minimum atomic E-state index is -0.214. The van der Waals surface area contributed by atoms with Gasteiger partial charge in [-0.05, 0) is 36.8 Å². The van der Waals surface area contributed by atoms with Gasteiger partial charge in [0.2, 0.25) is 11.8 Å². The van der Waals surface area contributed by atoms with Crippen LogP contribution in [0.25, 0.3) is 0 Å². The molecule has 2 aromatic carbocycles. The van der Waals surface area contributed by atoms with Crippen molar-refractivity contribution >= 4 is 40.5 Å². The molecule has 2 amide bonds. The second kappa shape index (κ2) is 8.10. The number of para-hydroxylation sites is 2. The molecule has 0 radical (unpaired) electrons. The highest BCUT2D eigenvalue weighted by Crippen LogP contribution is 2.29. The number of benzene rings is 2. The molecule has 0 spiro atoms. The summed E-state index contributed by atoms with van der Waals surface area (Å²) in [5, 5.41) is 6.31. The SMILES string of the molecule is COc1ccc(NC(=O)CNc2ccccc2N2CCCC2=O)cc1Cl. The van der Waals surface area contributed by atoms with Crippen LogP contribution in [0.15, 0.2) is 42.5 Å². The molecule has 0 aromatic heterocycles. The molecule has 6 nitrogen and oxygen atoms in total. The van der Waals surface area contributed by atoms with Crippen molar-refractivity contribution in [3.05, 3.63) is 47.5 Å². The number of rotatable bonds is 6. The summed E-state index contributed by atoms with van der Waals surface area (Å²) in [7, 11) is 1.53. The van der Waals surface area contributed by atoms with Gasteiger partial charge in [0, 0.05) is 18.7 Å². The standard InChI is InChI=1S/C19H20ClN3O3/c1-26-17-9-8-13(11-14(17)20)22-18(24)12-21-15-5-2-3-6-16(15)23-10-4-7-19(23)25/h2-3,5-6,8-9,11,21H,4,7,10,12H2,1H3,(H,22,24). The first-order chi connectivity index (χ1) is 12.6. The summed E-state index contributed by atoms with van der Waals surface area (Å²) in [6.07, 6.45) is 1.42. The highest BCUT2D eigenvalue weighted by molar-refractivity contribution is 6.32. The number of hydrogen-bond acceptors (Lipinski definition) is 4. The van der Waals surface area contributed by atoms with Crippen molar-refractivity contribution in [2.75, 3.05) is 35.7 Å². The smallest absolute Gasteiger partial charge is 0.243 e. The van der Waals surface area contributed by atoms with Crippen LogP contribution < -0.4 is 20.3 Å². The Balaban J connectivity index is 1.63. The Bertz CT molecular complexity index is 825. The Kier molecular flexibility index (Phi) is 5.63. The Morgan fingerprint density at radius 1 is 1.27 bits per heavy atom. The fraction of sp³-hybridized carbons (Fsp3) is 0.263. The van der Waals surface area contributed by atoms with E-state index in [4.69, 9.17) is 16.3 Å². The van der Waals surface area contributed by atoms with Crippen molar-refractivity contribution in [2.45, 2.75) is 12.8 Å². The molecule has 0 aliphatic carbocycles. The van der Waals surface area contributed by atoms with Crippen LogP contribution in [0.5, 0.6) is 5.75 Å². The lowest BCUT2D eigenvalue weighted by Gasteiger charge is -2.20. The molecule has 0 saturated carbocycles. The lowest BCUT2D eigenvalue weighted by Crippen LogP contribution is -2.26. The predicted octanol–water partition coefficient (Wildman–Crippen LogP) is 3.53. The molecule has 2 N–H and O–H groups in total. The zero-order valence-electron chi connectivity index (χ0n) is 14.4. The molecule has 1 aliphatic rings. The van der Waals surface area contributed by atoms with Crippen LogP contribution in [0.1, 0.15) is 12.8 Å². The van der Waals surface area contributed by atoms with Gasteiger partial charge in [-0.25, -0.2) is 0 Å². The predicted molar refractivity (Wildman–Crippen MR) is 103 cm³/mol. The summed E-state index contributed by atoms with van der Waals surface area (Å²) in [6, 6.07) is 12.5. The van der Waals surface area contributed by atoms with Crippen molar-refractivity contribution < 1.29 is 14.3 Å². The molecule has 3 rings (SSSR count). The molecule has 136 valence electrons. The number of hydrogen-bond donors (Lipinski definition) is 2. The molecular formula is C19H20ClN3O3. The average molecular weight is 374 g/mol. The number of anilines is 3. The topological polar surface area (TPSA) is 70.7 Å². The molecule has 1 aliphatic heterocycles. The minimum absolute atomic E-state index is 0.0721. The zero-order valence-corrected chi connectivity index (χ0v) is 15.2. The second-order valence-corrected chi connectivity index (χ2v) is 6.32. The largest absolute Gasteiger partial charge is 0.495 e. The van der Waals surface area contributed by atoms with Crippen molar-refractivity contribution in [1.82, 2.24) is 0 Å². The highest BCUT2D eigenvalue weighted by Gasteiger charge is 2.23. The summed E-state index contributed by atoms with van der Waals surface area (Å²) in [5.74, 6) is 0.442. The Morgan fingerprint density at radius 3 is 2.77 bits per heavy atom. The number of carbonyl (C=O) groups is 2. The Hall–Kier alpha value is -2.73. The third-order valence-electron chi connectivity index (χ3n) is 4.14. The van der Waals surface area contributed by atoms with Crippen LogP contribution in [0.2, 0.25) is 5.02 Å². The first-order valence-corrected chi connectivity index (χ1v) is 8.73. The van der Waals surface area contributed by atoms with E-state index in [1.54, 1.807) is 23.1 Å². The van der Waals surface area contributed by atoms with E-state index in [1.807, 2.05) is 24.3 Å². The van der Waals surface area contributed by atoms with Gasteiger partial charge in [0.25, 0.3) is 0 Å². The number of methoxy groups -OCH3 is 1. The van der Waals surface area contributed by atoms with Gasteiger partial charge >= 0.3 is 0 Å². The molecule has 0 unspecified atom stereocenters. The summed E-state index contributed by atoms with van der Waals surface area (Å²) < 4.78 is 5.09. The van der Waals surface area contributed by atoms with E-state index in [-0.39, 0.29) is 18.4 Å². The number of nitrogens with zero attached hydrogens (tertiary/aromatic N) is 1. The maximum atomic E-state index is 12.2. The molecule has 1 heterocycles. The van der Waals surface area contributed by atoms with E-state index in [2.05, 4.69) is 10.6 Å². The molecule has 1 fully saturated rings. The van der Waals surface area contributed by atoms with E-state index >= 15 is 0 Å². The van der Waals surface area contributed by atoms with Crippen LogP contribution in [-0.2, 0) is 9.59 Å². The van der Waals surface area contributed by atoms with Gasteiger partial charge in [-0.2, -0.15) is 0 Å². The van der Waals surface area contributed by atoms with Gasteiger partial charge in [-0.3, -0.25) is 9.59 Å². The van der Waals surface area contributed by atoms with Gasteiger partial charge in [-0.15, -0.1) is 0 Å². The van der Waals surface area contributed by atoms with Gasteiger partial charge in [0.1, 0.15) is 5.75 Å². The van der Waals surface area contributed by atoms with Crippen LogP contribution in [0.4, 0.5) is 17.1 Å². The first-order valence-electron chi connectivity index (χ1n) is 8.35. The van der Waals surface area contributed by atoms with Crippen molar-refractivity contribution in [2.24, 2.45) is 0 Å². The fourth-order valence-electron chi connectivity index (χ4n) is 2.89. The molecule has 0 bridgehead atoms. The zero-order chi connectivity index (χ0) is 18.5. The average Bonchev–Trinajstić information content (AvgIpc) is 3.06. The number of halogens is 1. The van der Waals surface area contributed by atoms with Crippen LogP contribution in [0, 0.1) is 0 Å². The van der Waals surface area contributed by atoms with E-state index in [0.717, 1.165) is 17.8 Å². The molecule has 1 saturated heterocycles. The van der Waals surface area contributed by atoms with Crippen LogP contribution >= 0.6 is 11.6 Å². The van der Waals surface area contributed by atoms with Crippen molar-refractivity contribution in [3.63, 3.8) is 0 Å². The third-order valence-corrected chi connectivity index (χ3v) is 4.44. The quantitative estimate of drug-likeness (QED) is 0.812. The number of carbonyl (C=O) groups excluding carboxylic acids is 2. The normalized spacial score (nSPS) is 13.6. The van der Waals surface area contributed by atoms with Gasteiger partial charge in [-0.1, -0.05) is 23.7 Å². The molecule has 0 atom stereocenters.